The number of carbonyl (C=O) groups is 1. The van der Waals surface area contributed by atoms with E-state index in [1.54, 1.807) is 18.2 Å². The Balaban J connectivity index is 1.94. The summed E-state index contributed by atoms with van der Waals surface area (Å²) in [7, 11) is 0. The first-order valence-corrected chi connectivity index (χ1v) is 6.17. The van der Waals surface area contributed by atoms with Gasteiger partial charge in [-0.2, -0.15) is 0 Å². The second-order valence-corrected chi connectivity index (χ2v) is 4.41. The monoisotopic (exact) mass is 263 g/mol. The van der Waals surface area contributed by atoms with Crippen molar-refractivity contribution in [2.75, 3.05) is 6.61 Å². The molecule has 1 aromatic carbocycles. The second-order valence-electron chi connectivity index (χ2n) is 4.41. The van der Waals surface area contributed by atoms with Crippen LogP contribution < -0.4 is 11.1 Å². The van der Waals surface area contributed by atoms with Gasteiger partial charge in [0.05, 0.1) is 0 Å². The molecule has 1 aliphatic rings. The lowest BCUT2D eigenvalue weighted by atomic mass is 10.1. The molecule has 6 nitrogen and oxygen atoms in total. The molecule has 2 rings (SSSR count). The van der Waals surface area contributed by atoms with E-state index < -0.39 is 0 Å². The average Bonchev–Trinajstić information content (AvgIpc) is 2.98. The van der Waals surface area contributed by atoms with Crippen LogP contribution in [0.4, 0.5) is 0 Å². The summed E-state index contributed by atoms with van der Waals surface area (Å²) in [4.78, 5) is 11.8. The number of amides is 1. The summed E-state index contributed by atoms with van der Waals surface area (Å²) >= 11 is 0. The molecule has 0 radical (unpaired) electrons. The van der Waals surface area contributed by atoms with Crippen molar-refractivity contribution in [2.45, 2.75) is 25.5 Å². The van der Waals surface area contributed by atoms with Gasteiger partial charge in [0.25, 0.3) is 0 Å². The van der Waals surface area contributed by atoms with Crippen LogP contribution in [0.15, 0.2) is 29.4 Å². The molecule has 1 heterocycles. The van der Waals surface area contributed by atoms with Gasteiger partial charge in [0, 0.05) is 18.7 Å². The maximum Gasteiger partial charge on any atom is 0.249 e. The molecule has 0 bridgehead atoms. The Labute approximate surface area is 111 Å². The molecule has 1 saturated heterocycles. The zero-order valence-corrected chi connectivity index (χ0v) is 10.5. The molecule has 19 heavy (non-hydrogen) atoms. The fraction of sp³-hybridized carbons (Fsp3) is 0.385. The number of hydrogen-bond donors (Lipinski definition) is 3. The summed E-state index contributed by atoms with van der Waals surface area (Å²) in [6.07, 6.45) is 1.37. The summed E-state index contributed by atoms with van der Waals surface area (Å²) in [6.45, 7) is 1.04. The molecule has 0 saturated carbocycles. The van der Waals surface area contributed by atoms with Crippen LogP contribution in [0.1, 0.15) is 24.0 Å². The topological polar surface area (TPSA) is 96.9 Å². The van der Waals surface area contributed by atoms with E-state index in [0.717, 1.165) is 18.4 Å². The van der Waals surface area contributed by atoms with Crippen molar-refractivity contribution >= 4 is 11.7 Å². The Kier molecular flexibility index (Phi) is 4.35. The zero-order valence-electron chi connectivity index (χ0n) is 10.5. The quantitative estimate of drug-likeness (QED) is 0.320. The molecule has 1 amide bonds. The number of nitrogens with two attached hydrogens (primary N) is 1. The molecule has 4 N–H and O–H groups in total. The molecule has 0 aliphatic carbocycles. The molecule has 0 spiro atoms. The second kappa shape index (κ2) is 6.19. The van der Waals surface area contributed by atoms with Crippen LogP contribution in [0.3, 0.4) is 0 Å². The predicted octanol–water partition coefficient (Wildman–Crippen LogP) is 0.576. The summed E-state index contributed by atoms with van der Waals surface area (Å²) < 4.78 is 5.30. The highest BCUT2D eigenvalue weighted by Gasteiger charge is 2.22. The maximum atomic E-state index is 11.8. The van der Waals surface area contributed by atoms with E-state index >= 15 is 0 Å². The predicted molar refractivity (Wildman–Crippen MR) is 69.8 cm³/mol. The SMILES string of the molecule is NC(=NO)c1cccc(CNC(=O)C2CCCO2)c1. The van der Waals surface area contributed by atoms with Crippen molar-refractivity contribution < 1.29 is 14.7 Å². The average molecular weight is 263 g/mol. The number of amidine groups is 1. The molecule has 102 valence electrons. The van der Waals surface area contributed by atoms with Crippen LogP contribution in [0, 0.1) is 0 Å². The van der Waals surface area contributed by atoms with Gasteiger partial charge in [-0.3, -0.25) is 4.79 Å². The Morgan fingerprint density at radius 3 is 3.11 bits per heavy atom. The highest BCUT2D eigenvalue weighted by Crippen LogP contribution is 2.12. The van der Waals surface area contributed by atoms with E-state index in [0.29, 0.717) is 18.7 Å². The van der Waals surface area contributed by atoms with Crippen LogP contribution in [-0.2, 0) is 16.1 Å². The summed E-state index contributed by atoms with van der Waals surface area (Å²) in [6, 6.07) is 7.16. The van der Waals surface area contributed by atoms with Gasteiger partial charge in [0.1, 0.15) is 6.10 Å². The van der Waals surface area contributed by atoms with E-state index in [4.69, 9.17) is 15.7 Å². The highest BCUT2D eigenvalue weighted by molar-refractivity contribution is 5.97. The van der Waals surface area contributed by atoms with Gasteiger partial charge in [-0.15, -0.1) is 0 Å². The molecular weight excluding hydrogens is 246 g/mol. The molecule has 0 aromatic heterocycles. The Hall–Kier alpha value is -2.08. The Morgan fingerprint density at radius 1 is 1.58 bits per heavy atom. The minimum Gasteiger partial charge on any atom is -0.409 e. The number of nitrogens with zero attached hydrogens (tertiary/aromatic N) is 1. The minimum atomic E-state index is -0.327. The third-order valence-electron chi connectivity index (χ3n) is 3.02. The fourth-order valence-electron chi connectivity index (χ4n) is 1.99. The molecule has 1 fully saturated rings. The lowest BCUT2D eigenvalue weighted by Gasteiger charge is -2.10. The normalized spacial score (nSPS) is 19.4. The van der Waals surface area contributed by atoms with Crippen molar-refractivity contribution in [3.8, 4) is 0 Å². The van der Waals surface area contributed by atoms with Crippen molar-refractivity contribution in [1.82, 2.24) is 5.32 Å². The first-order valence-electron chi connectivity index (χ1n) is 6.17. The summed E-state index contributed by atoms with van der Waals surface area (Å²) in [5.74, 6) is -0.0426. The number of rotatable bonds is 4. The molecule has 1 unspecified atom stereocenters. The van der Waals surface area contributed by atoms with E-state index in [9.17, 15) is 4.79 Å². The van der Waals surface area contributed by atoms with Gasteiger partial charge in [-0.25, -0.2) is 0 Å². The number of oxime groups is 1. The standard InChI is InChI=1S/C13H17N3O3/c14-12(16-18)10-4-1-3-9(7-10)8-15-13(17)11-5-2-6-19-11/h1,3-4,7,11,18H,2,5-6,8H2,(H2,14,16)(H,15,17). The third kappa shape index (κ3) is 3.45. The van der Waals surface area contributed by atoms with E-state index in [1.165, 1.54) is 0 Å². The first-order chi connectivity index (χ1) is 9.20. The van der Waals surface area contributed by atoms with Gasteiger partial charge >= 0.3 is 0 Å². The summed E-state index contributed by atoms with van der Waals surface area (Å²) in [5, 5.41) is 14.4. The lowest BCUT2D eigenvalue weighted by molar-refractivity contribution is -0.130. The zero-order chi connectivity index (χ0) is 13.7. The minimum absolute atomic E-state index is 0.0484. The fourth-order valence-corrected chi connectivity index (χ4v) is 1.99. The molecular formula is C13H17N3O3. The van der Waals surface area contributed by atoms with Gasteiger partial charge in [-0.05, 0) is 24.5 Å². The number of nitrogens with one attached hydrogen (secondary N) is 1. The van der Waals surface area contributed by atoms with Gasteiger partial charge < -0.3 is 21.0 Å². The Bertz CT molecular complexity index is 482. The number of benzene rings is 1. The lowest BCUT2D eigenvalue weighted by Crippen LogP contribution is -2.33. The van der Waals surface area contributed by atoms with Crippen molar-refractivity contribution in [2.24, 2.45) is 10.9 Å². The van der Waals surface area contributed by atoms with E-state index in [1.807, 2.05) is 6.07 Å². The maximum absolute atomic E-state index is 11.8. The van der Waals surface area contributed by atoms with Crippen molar-refractivity contribution in [1.29, 1.82) is 0 Å². The molecule has 1 aromatic rings. The smallest absolute Gasteiger partial charge is 0.249 e. The van der Waals surface area contributed by atoms with Crippen LogP contribution >= 0.6 is 0 Å². The van der Waals surface area contributed by atoms with Crippen LogP contribution in [-0.4, -0.2) is 29.7 Å². The van der Waals surface area contributed by atoms with Crippen LogP contribution in [0.5, 0.6) is 0 Å². The number of carbonyl (C=O) groups excluding carboxylic acids is 1. The molecule has 1 atom stereocenters. The van der Waals surface area contributed by atoms with Gasteiger partial charge in [0.15, 0.2) is 5.84 Å². The summed E-state index contributed by atoms with van der Waals surface area (Å²) in [5.41, 5.74) is 7.01. The van der Waals surface area contributed by atoms with Gasteiger partial charge in [0.2, 0.25) is 5.91 Å². The first kappa shape index (κ1) is 13.4. The van der Waals surface area contributed by atoms with Crippen LogP contribution in [0.25, 0.3) is 0 Å². The Morgan fingerprint density at radius 2 is 2.42 bits per heavy atom. The van der Waals surface area contributed by atoms with Crippen LogP contribution in [0.2, 0.25) is 0 Å². The van der Waals surface area contributed by atoms with E-state index in [2.05, 4.69) is 10.5 Å². The van der Waals surface area contributed by atoms with E-state index in [-0.39, 0.29) is 17.8 Å². The highest BCUT2D eigenvalue weighted by atomic mass is 16.5. The van der Waals surface area contributed by atoms with Crippen molar-refractivity contribution in [3.63, 3.8) is 0 Å². The van der Waals surface area contributed by atoms with Crippen molar-refractivity contribution in [3.05, 3.63) is 35.4 Å². The largest absolute Gasteiger partial charge is 0.409 e. The number of ether oxygens (including phenoxy) is 1. The van der Waals surface area contributed by atoms with Gasteiger partial charge in [-0.1, -0.05) is 23.4 Å². The molecule has 1 aliphatic heterocycles. The molecule has 6 heteroatoms. The third-order valence-corrected chi connectivity index (χ3v) is 3.02. The number of hydrogen-bond acceptors (Lipinski definition) is 4.